The Morgan fingerprint density at radius 1 is 0.778 bits per heavy atom. The van der Waals surface area contributed by atoms with Crippen LogP contribution in [0.2, 0.25) is 5.02 Å². The van der Waals surface area contributed by atoms with E-state index in [1.807, 2.05) is 12.1 Å². The second kappa shape index (κ2) is 6.61. The summed E-state index contributed by atoms with van der Waals surface area (Å²) in [5.41, 5.74) is 3.91. The highest BCUT2D eigenvalue weighted by Gasteiger charge is 1.98. The Morgan fingerprint density at radius 2 is 1.33 bits per heavy atom. The van der Waals surface area contributed by atoms with Crippen molar-refractivity contribution in [2.75, 3.05) is 0 Å². The summed E-state index contributed by atoms with van der Waals surface area (Å²) >= 11 is 5.90. The molecule has 2 rings (SSSR count). The van der Waals surface area contributed by atoms with Gasteiger partial charge in [0.2, 0.25) is 0 Å². The van der Waals surface area contributed by atoms with Gasteiger partial charge in [0.05, 0.1) is 0 Å². The number of unbranched alkanes of at least 4 members (excludes halogenated alkanes) is 2. The van der Waals surface area contributed by atoms with Crippen molar-refractivity contribution in [2.45, 2.75) is 32.6 Å². The smallest absolute Gasteiger partial charge is 0.0406 e. The van der Waals surface area contributed by atoms with E-state index in [-0.39, 0.29) is 0 Å². The molecule has 1 heteroatoms. The highest BCUT2D eigenvalue weighted by molar-refractivity contribution is 6.30. The van der Waals surface area contributed by atoms with Crippen LogP contribution in [0.4, 0.5) is 0 Å². The maximum atomic E-state index is 5.90. The summed E-state index contributed by atoms with van der Waals surface area (Å²) in [5.74, 6) is 0. The first-order valence-corrected chi connectivity index (χ1v) is 7.02. The zero-order valence-corrected chi connectivity index (χ0v) is 11.6. The highest BCUT2D eigenvalue weighted by atomic mass is 35.5. The molecule has 0 aliphatic rings. The Kier molecular flexibility index (Phi) is 4.83. The molecule has 0 bridgehead atoms. The number of hydrogen-bond donors (Lipinski definition) is 0. The normalized spacial score (nSPS) is 10.6. The molecule has 0 nitrogen and oxygen atoms in total. The Morgan fingerprint density at radius 3 is 1.89 bits per heavy atom. The third kappa shape index (κ3) is 3.61. The van der Waals surface area contributed by atoms with Gasteiger partial charge >= 0.3 is 0 Å². The third-order valence-electron chi connectivity index (χ3n) is 3.20. The molecule has 0 radical (unpaired) electrons. The fraction of sp³-hybridized carbons (Fsp3) is 0.294. The van der Waals surface area contributed by atoms with E-state index in [0.29, 0.717) is 0 Å². The first-order chi connectivity index (χ1) is 8.79. The third-order valence-corrected chi connectivity index (χ3v) is 3.45. The van der Waals surface area contributed by atoms with Gasteiger partial charge < -0.3 is 0 Å². The van der Waals surface area contributed by atoms with E-state index in [4.69, 9.17) is 11.6 Å². The van der Waals surface area contributed by atoms with Gasteiger partial charge in [-0.1, -0.05) is 67.8 Å². The van der Waals surface area contributed by atoms with E-state index in [1.165, 1.54) is 42.4 Å². The van der Waals surface area contributed by atoms with E-state index in [9.17, 15) is 0 Å². The molecule has 0 saturated carbocycles. The van der Waals surface area contributed by atoms with Crippen LogP contribution in [0.25, 0.3) is 11.1 Å². The van der Waals surface area contributed by atoms with Crippen molar-refractivity contribution < 1.29 is 0 Å². The number of benzene rings is 2. The lowest BCUT2D eigenvalue weighted by atomic mass is 10.0. The summed E-state index contributed by atoms with van der Waals surface area (Å²) in [4.78, 5) is 0. The van der Waals surface area contributed by atoms with Crippen molar-refractivity contribution in [1.29, 1.82) is 0 Å². The summed E-state index contributed by atoms with van der Waals surface area (Å²) in [6, 6.07) is 16.9. The first-order valence-electron chi connectivity index (χ1n) is 6.64. The molecular formula is C17H19Cl. The summed E-state index contributed by atoms with van der Waals surface area (Å²) < 4.78 is 0. The molecule has 0 aliphatic heterocycles. The average Bonchev–Trinajstić information content (AvgIpc) is 2.41. The zero-order chi connectivity index (χ0) is 12.8. The van der Waals surface area contributed by atoms with Gasteiger partial charge in [0.25, 0.3) is 0 Å². The number of hydrogen-bond acceptors (Lipinski definition) is 0. The predicted octanol–water partition coefficient (Wildman–Crippen LogP) is 5.74. The van der Waals surface area contributed by atoms with Gasteiger partial charge in [-0.2, -0.15) is 0 Å². The van der Waals surface area contributed by atoms with Gasteiger partial charge in [-0.3, -0.25) is 0 Å². The maximum absolute atomic E-state index is 5.90. The molecule has 0 amide bonds. The van der Waals surface area contributed by atoms with Crippen LogP contribution in [0.1, 0.15) is 31.7 Å². The van der Waals surface area contributed by atoms with E-state index in [0.717, 1.165) is 5.02 Å². The van der Waals surface area contributed by atoms with Gasteiger partial charge in [0.1, 0.15) is 0 Å². The van der Waals surface area contributed by atoms with Crippen LogP contribution in [0.5, 0.6) is 0 Å². The minimum Gasteiger partial charge on any atom is -0.0843 e. The van der Waals surface area contributed by atoms with Crippen molar-refractivity contribution in [3.05, 3.63) is 59.1 Å². The lowest BCUT2D eigenvalue weighted by molar-refractivity contribution is 0.717. The van der Waals surface area contributed by atoms with Crippen LogP contribution in [-0.2, 0) is 6.42 Å². The molecule has 0 fully saturated rings. The SMILES string of the molecule is CCCCCc1ccc(-c2ccc(Cl)cc2)cc1. The van der Waals surface area contributed by atoms with Crippen LogP contribution < -0.4 is 0 Å². The van der Waals surface area contributed by atoms with Crippen molar-refractivity contribution in [2.24, 2.45) is 0 Å². The molecule has 94 valence electrons. The van der Waals surface area contributed by atoms with Gasteiger partial charge in [-0.05, 0) is 41.7 Å². The molecule has 0 spiro atoms. The number of rotatable bonds is 5. The average molecular weight is 259 g/mol. The topological polar surface area (TPSA) is 0 Å². The van der Waals surface area contributed by atoms with Gasteiger partial charge in [0.15, 0.2) is 0 Å². The first kappa shape index (κ1) is 13.2. The second-order valence-corrected chi connectivity index (χ2v) is 5.10. The zero-order valence-electron chi connectivity index (χ0n) is 10.8. The molecule has 2 aromatic carbocycles. The fourth-order valence-corrected chi connectivity index (χ4v) is 2.21. The van der Waals surface area contributed by atoms with Gasteiger partial charge in [-0.25, -0.2) is 0 Å². The minimum atomic E-state index is 0.787. The van der Waals surface area contributed by atoms with Crippen molar-refractivity contribution in [3.8, 4) is 11.1 Å². The molecule has 0 N–H and O–H groups in total. The Balaban J connectivity index is 2.05. The summed E-state index contributed by atoms with van der Waals surface area (Å²) in [6.45, 7) is 2.24. The van der Waals surface area contributed by atoms with Crippen molar-refractivity contribution in [3.63, 3.8) is 0 Å². The van der Waals surface area contributed by atoms with Gasteiger partial charge in [-0.15, -0.1) is 0 Å². The standard InChI is InChI=1S/C17H19Cl/c1-2-3-4-5-14-6-8-15(9-7-14)16-10-12-17(18)13-11-16/h6-13H,2-5H2,1H3. The number of aryl methyl sites for hydroxylation is 1. The van der Waals surface area contributed by atoms with E-state index >= 15 is 0 Å². The van der Waals surface area contributed by atoms with Crippen molar-refractivity contribution in [1.82, 2.24) is 0 Å². The largest absolute Gasteiger partial charge is 0.0843 e. The van der Waals surface area contributed by atoms with Crippen LogP contribution in [0.3, 0.4) is 0 Å². The lowest BCUT2D eigenvalue weighted by Crippen LogP contribution is -1.85. The molecule has 0 aliphatic carbocycles. The van der Waals surface area contributed by atoms with E-state index in [1.54, 1.807) is 0 Å². The summed E-state index contributed by atoms with van der Waals surface area (Å²) in [6.07, 6.45) is 5.08. The molecule has 2 aromatic rings. The molecular weight excluding hydrogens is 240 g/mol. The van der Waals surface area contributed by atoms with E-state index in [2.05, 4.69) is 43.3 Å². The van der Waals surface area contributed by atoms with Crippen LogP contribution in [0.15, 0.2) is 48.5 Å². The minimum absolute atomic E-state index is 0.787. The fourth-order valence-electron chi connectivity index (χ4n) is 2.09. The lowest BCUT2D eigenvalue weighted by Gasteiger charge is -2.04. The van der Waals surface area contributed by atoms with Gasteiger partial charge in [0, 0.05) is 5.02 Å². The summed E-state index contributed by atoms with van der Waals surface area (Å²) in [5, 5.41) is 0.787. The molecule has 0 unspecified atom stereocenters. The molecule has 0 aromatic heterocycles. The Bertz CT molecular complexity index is 468. The van der Waals surface area contributed by atoms with Crippen LogP contribution in [0, 0.1) is 0 Å². The highest BCUT2D eigenvalue weighted by Crippen LogP contribution is 2.22. The monoisotopic (exact) mass is 258 g/mol. The maximum Gasteiger partial charge on any atom is 0.0406 e. The van der Waals surface area contributed by atoms with Crippen molar-refractivity contribution >= 4 is 11.6 Å². The van der Waals surface area contributed by atoms with E-state index < -0.39 is 0 Å². The van der Waals surface area contributed by atoms with Crippen LogP contribution >= 0.6 is 11.6 Å². The Labute approximate surface area is 115 Å². The molecule has 0 atom stereocenters. The molecule has 18 heavy (non-hydrogen) atoms. The Hall–Kier alpha value is -1.27. The summed E-state index contributed by atoms with van der Waals surface area (Å²) in [7, 11) is 0. The quantitative estimate of drug-likeness (QED) is 0.600. The molecule has 0 saturated heterocycles. The predicted molar refractivity (Wildman–Crippen MR) is 80.1 cm³/mol. The second-order valence-electron chi connectivity index (χ2n) is 4.66. The number of halogens is 1. The molecule has 0 heterocycles. The van der Waals surface area contributed by atoms with Crippen LogP contribution in [-0.4, -0.2) is 0 Å².